The van der Waals surface area contributed by atoms with E-state index in [1.165, 1.54) is 0 Å². The summed E-state index contributed by atoms with van der Waals surface area (Å²) >= 11 is 0. The number of carboxylic acid groups (broad SMARTS) is 1. The maximum absolute atomic E-state index is 12.3. The van der Waals surface area contributed by atoms with E-state index in [4.69, 9.17) is 9.57 Å². The third-order valence-corrected chi connectivity index (χ3v) is 4.66. The molecule has 3 aromatic rings. The van der Waals surface area contributed by atoms with Gasteiger partial charge in [0, 0.05) is 5.92 Å². The van der Waals surface area contributed by atoms with Gasteiger partial charge in [-0.25, -0.2) is 4.79 Å². The molecule has 0 radical (unpaired) electrons. The Morgan fingerprint density at radius 1 is 0.900 bits per heavy atom. The number of para-hydroxylation sites is 1. The van der Waals surface area contributed by atoms with E-state index in [0.29, 0.717) is 23.5 Å². The molecule has 0 heterocycles. The lowest BCUT2D eigenvalue weighted by Gasteiger charge is -2.24. The lowest BCUT2D eigenvalue weighted by atomic mass is 9.89. The van der Waals surface area contributed by atoms with Crippen LogP contribution < -0.4 is 15.1 Å². The van der Waals surface area contributed by atoms with Crippen LogP contribution in [0.3, 0.4) is 0 Å². The summed E-state index contributed by atoms with van der Waals surface area (Å²) in [6, 6.07) is 23.5. The van der Waals surface area contributed by atoms with Crippen LogP contribution in [0.15, 0.2) is 84.9 Å². The topological polar surface area (TPSA) is 84.9 Å². The molecular formula is C24H23NO5. The van der Waals surface area contributed by atoms with Crippen molar-refractivity contribution in [1.82, 2.24) is 5.48 Å². The molecule has 2 N–H and O–H groups in total. The van der Waals surface area contributed by atoms with Crippen LogP contribution in [-0.2, 0) is 4.79 Å². The van der Waals surface area contributed by atoms with Crippen LogP contribution >= 0.6 is 0 Å². The van der Waals surface area contributed by atoms with Crippen molar-refractivity contribution in [1.29, 1.82) is 0 Å². The first kappa shape index (κ1) is 21.1. The number of carbonyl (C=O) groups is 2. The number of esters is 1. The maximum Gasteiger partial charge on any atom is 0.343 e. The minimum absolute atomic E-state index is 0.355. The molecule has 2 atom stereocenters. The first-order valence-corrected chi connectivity index (χ1v) is 9.66. The molecule has 3 rings (SSSR count). The van der Waals surface area contributed by atoms with Crippen molar-refractivity contribution >= 4 is 11.9 Å². The first-order valence-electron chi connectivity index (χ1n) is 9.66. The molecule has 0 aliphatic heterocycles. The minimum atomic E-state index is -1.04. The molecular weight excluding hydrogens is 382 g/mol. The summed E-state index contributed by atoms with van der Waals surface area (Å²) < 4.78 is 5.47. The summed E-state index contributed by atoms with van der Waals surface area (Å²) in [5.74, 6) is -1.04. The quantitative estimate of drug-likeness (QED) is 0.311. The van der Waals surface area contributed by atoms with Gasteiger partial charge in [-0.05, 0) is 48.4 Å². The second-order valence-corrected chi connectivity index (χ2v) is 6.69. The van der Waals surface area contributed by atoms with Crippen LogP contribution in [0.25, 0.3) is 0 Å². The Bertz CT molecular complexity index is 975. The van der Waals surface area contributed by atoms with Crippen molar-refractivity contribution in [3.8, 4) is 11.5 Å². The molecule has 0 aliphatic carbocycles. The monoisotopic (exact) mass is 405 g/mol. The van der Waals surface area contributed by atoms with Gasteiger partial charge in [0.05, 0.1) is 5.56 Å². The third-order valence-electron chi connectivity index (χ3n) is 4.66. The molecule has 3 aromatic carbocycles. The number of hydroxylamine groups is 1. The van der Waals surface area contributed by atoms with Gasteiger partial charge in [0.15, 0.2) is 0 Å². The van der Waals surface area contributed by atoms with Crippen molar-refractivity contribution in [2.75, 3.05) is 0 Å². The highest BCUT2D eigenvalue weighted by molar-refractivity contribution is 5.91. The second-order valence-electron chi connectivity index (χ2n) is 6.69. The Morgan fingerprint density at radius 2 is 1.53 bits per heavy atom. The number of hydrogen-bond acceptors (Lipinski definition) is 5. The zero-order valence-corrected chi connectivity index (χ0v) is 16.5. The van der Waals surface area contributed by atoms with Crippen molar-refractivity contribution in [2.45, 2.75) is 25.3 Å². The van der Waals surface area contributed by atoms with Crippen molar-refractivity contribution in [2.24, 2.45) is 0 Å². The SMILES string of the molecule is CCC(c1cccc(OC(=O)c2ccccc2)c1)C(NOc1ccccc1)C(=O)O. The number of aliphatic carboxylic acids is 1. The number of rotatable bonds is 9. The predicted octanol–water partition coefficient (Wildman–Crippen LogP) is 4.44. The average molecular weight is 405 g/mol. The zero-order valence-electron chi connectivity index (χ0n) is 16.5. The van der Waals surface area contributed by atoms with E-state index in [-0.39, 0.29) is 0 Å². The highest BCUT2D eigenvalue weighted by Crippen LogP contribution is 2.27. The molecule has 0 aromatic heterocycles. The highest BCUT2D eigenvalue weighted by Gasteiger charge is 2.29. The number of carboxylic acids is 1. The lowest BCUT2D eigenvalue weighted by Crippen LogP contribution is -2.43. The van der Waals surface area contributed by atoms with Gasteiger partial charge in [-0.15, -0.1) is 5.48 Å². The zero-order chi connectivity index (χ0) is 21.3. The fourth-order valence-corrected chi connectivity index (χ4v) is 3.14. The molecule has 0 bridgehead atoms. The highest BCUT2D eigenvalue weighted by atomic mass is 16.6. The molecule has 154 valence electrons. The van der Waals surface area contributed by atoms with Crippen molar-refractivity contribution < 1.29 is 24.3 Å². The molecule has 0 saturated heterocycles. The Hall–Kier alpha value is -3.64. The fourth-order valence-electron chi connectivity index (χ4n) is 3.14. The fraction of sp³-hybridized carbons (Fsp3) is 0.167. The Labute approximate surface area is 175 Å². The smallest absolute Gasteiger partial charge is 0.343 e. The van der Waals surface area contributed by atoms with Gasteiger partial charge in [0.25, 0.3) is 0 Å². The van der Waals surface area contributed by atoms with Gasteiger partial charge in [-0.3, -0.25) is 4.79 Å². The summed E-state index contributed by atoms with van der Waals surface area (Å²) in [7, 11) is 0. The van der Waals surface area contributed by atoms with Crippen LogP contribution in [0.2, 0.25) is 0 Å². The van der Waals surface area contributed by atoms with Gasteiger partial charge in [-0.2, -0.15) is 0 Å². The Balaban J connectivity index is 1.76. The molecule has 6 heteroatoms. The number of hydrogen-bond donors (Lipinski definition) is 2. The number of nitrogens with one attached hydrogen (secondary N) is 1. The van der Waals surface area contributed by atoms with E-state index in [0.717, 1.165) is 5.56 Å². The molecule has 6 nitrogen and oxygen atoms in total. The van der Waals surface area contributed by atoms with Gasteiger partial charge in [0.1, 0.15) is 17.5 Å². The van der Waals surface area contributed by atoms with E-state index in [9.17, 15) is 14.7 Å². The van der Waals surface area contributed by atoms with E-state index < -0.39 is 23.9 Å². The van der Waals surface area contributed by atoms with Crippen LogP contribution in [0.4, 0.5) is 0 Å². The lowest BCUT2D eigenvalue weighted by molar-refractivity contribution is -0.142. The van der Waals surface area contributed by atoms with Crippen LogP contribution in [0.1, 0.15) is 35.2 Å². The van der Waals surface area contributed by atoms with Gasteiger partial charge in [-0.1, -0.05) is 55.5 Å². The summed E-state index contributed by atoms with van der Waals surface area (Å²) in [4.78, 5) is 29.7. The Kier molecular flexibility index (Phi) is 7.19. The van der Waals surface area contributed by atoms with Crippen LogP contribution in [0, 0.1) is 0 Å². The summed E-state index contributed by atoms with van der Waals surface area (Å²) in [5.41, 5.74) is 3.83. The molecule has 0 spiro atoms. The van der Waals surface area contributed by atoms with E-state index in [2.05, 4.69) is 5.48 Å². The predicted molar refractivity (Wildman–Crippen MR) is 113 cm³/mol. The molecule has 30 heavy (non-hydrogen) atoms. The summed E-state index contributed by atoms with van der Waals surface area (Å²) in [6.45, 7) is 1.90. The van der Waals surface area contributed by atoms with E-state index >= 15 is 0 Å². The van der Waals surface area contributed by atoms with Crippen molar-refractivity contribution in [3.63, 3.8) is 0 Å². The normalized spacial score (nSPS) is 12.6. The minimum Gasteiger partial charge on any atom is -0.480 e. The standard InChI is InChI=1S/C24H23NO5/c1-2-21(22(23(26)27)25-30-19-13-7-4-8-14-19)18-12-9-15-20(16-18)29-24(28)17-10-5-3-6-11-17/h3-16,21-22,25H,2H2,1H3,(H,26,27). The molecule has 2 unspecified atom stereocenters. The van der Waals surface area contributed by atoms with E-state index in [1.54, 1.807) is 66.7 Å². The second kappa shape index (κ2) is 10.2. The molecule has 0 amide bonds. The number of benzene rings is 3. The molecule has 0 aliphatic rings. The third kappa shape index (κ3) is 5.46. The van der Waals surface area contributed by atoms with Crippen LogP contribution in [-0.4, -0.2) is 23.1 Å². The summed E-state index contributed by atoms with van der Waals surface area (Å²) in [6.07, 6.45) is 0.540. The van der Waals surface area contributed by atoms with Gasteiger partial charge in [0.2, 0.25) is 0 Å². The van der Waals surface area contributed by atoms with Crippen LogP contribution in [0.5, 0.6) is 11.5 Å². The Morgan fingerprint density at radius 3 is 2.17 bits per heavy atom. The maximum atomic E-state index is 12.3. The average Bonchev–Trinajstić information content (AvgIpc) is 2.78. The number of ether oxygens (including phenoxy) is 1. The number of carbonyl (C=O) groups excluding carboxylic acids is 1. The largest absolute Gasteiger partial charge is 0.480 e. The molecule has 0 fully saturated rings. The summed E-state index contributed by atoms with van der Waals surface area (Å²) in [5, 5.41) is 9.75. The first-order chi connectivity index (χ1) is 14.6. The van der Waals surface area contributed by atoms with Crippen molar-refractivity contribution in [3.05, 3.63) is 96.1 Å². The van der Waals surface area contributed by atoms with Gasteiger partial charge < -0.3 is 14.7 Å². The molecule has 0 saturated carbocycles. The van der Waals surface area contributed by atoms with Gasteiger partial charge >= 0.3 is 11.9 Å². The van der Waals surface area contributed by atoms with E-state index in [1.807, 2.05) is 25.1 Å².